The molecule has 6 heteroatoms. The Morgan fingerprint density at radius 1 is 0.947 bits per heavy atom. The third-order valence-electron chi connectivity index (χ3n) is 7.37. The Morgan fingerprint density at radius 3 is 2.39 bits per heavy atom. The Kier molecular flexibility index (Phi) is 9.41. The van der Waals surface area contributed by atoms with Crippen molar-refractivity contribution in [3.8, 4) is 11.5 Å². The smallest absolute Gasteiger partial charge is 0.261 e. The fourth-order valence-corrected chi connectivity index (χ4v) is 4.99. The second kappa shape index (κ2) is 13.1. The van der Waals surface area contributed by atoms with Gasteiger partial charge in [-0.2, -0.15) is 0 Å². The Morgan fingerprint density at radius 2 is 1.66 bits per heavy atom. The van der Waals surface area contributed by atoms with Crippen molar-refractivity contribution < 1.29 is 19.1 Å². The fraction of sp³-hybridized carbons (Fsp3) is 0.375. The summed E-state index contributed by atoms with van der Waals surface area (Å²) in [6.07, 6.45) is 4.60. The summed E-state index contributed by atoms with van der Waals surface area (Å²) in [5.41, 5.74) is 3.98. The van der Waals surface area contributed by atoms with E-state index in [0.717, 1.165) is 47.9 Å². The summed E-state index contributed by atoms with van der Waals surface area (Å²) in [7, 11) is 1.62. The summed E-state index contributed by atoms with van der Waals surface area (Å²) in [4.78, 5) is 29.3. The van der Waals surface area contributed by atoms with Crippen LogP contribution in [0.25, 0.3) is 0 Å². The van der Waals surface area contributed by atoms with Crippen molar-refractivity contribution in [2.75, 3.05) is 13.7 Å². The summed E-state index contributed by atoms with van der Waals surface area (Å²) in [6.45, 7) is 4.11. The molecule has 1 N–H and O–H groups in total. The average molecular weight is 515 g/mol. The molecule has 3 aromatic rings. The molecule has 4 rings (SSSR count). The van der Waals surface area contributed by atoms with Crippen LogP contribution < -0.4 is 14.8 Å². The van der Waals surface area contributed by atoms with Gasteiger partial charge in [-0.25, -0.2) is 0 Å². The number of methoxy groups -OCH3 is 1. The zero-order valence-electron chi connectivity index (χ0n) is 22.6. The summed E-state index contributed by atoms with van der Waals surface area (Å²) < 4.78 is 11.4. The highest BCUT2D eigenvalue weighted by Crippen LogP contribution is 2.23. The monoisotopic (exact) mass is 514 g/mol. The predicted octanol–water partition coefficient (Wildman–Crippen LogP) is 5.39. The van der Waals surface area contributed by atoms with E-state index in [1.54, 1.807) is 12.0 Å². The van der Waals surface area contributed by atoms with Crippen molar-refractivity contribution in [1.82, 2.24) is 10.2 Å². The minimum absolute atomic E-state index is 0.122. The number of hydrogen-bond acceptors (Lipinski definition) is 4. The Bertz CT molecular complexity index is 1220. The highest BCUT2D eigenvalue weighted by atomic mass is 16.5. The average Bonchev–Trinajstić information content (AvgIpc) is 3.45. The number of rotatable bonds is 11. The van der Waals surface area contributed by atoms with E-state index in [-0.39, 0.29) is 31.0 Å². The minimum Gasteiger partial charge on any atom is -0.497 e. The Labute approximate surface area is 226 Å². The van der Waals surface area contributed by atoms with Gasteiger partial charge in [0.15, 0.2) is 6.61 Å². The van der Waals surface area contributed by atoms with Gasteiger partial charge in [-0.05, 0) is 67.1 Å². The molecule has 200 valence electrons. The zero-order chi connectivity index (χ0) is 26.9. The van der Waals surface area contributed by atoms with Crippen molar-refractivity contribution in [3.05, 3.63) is 95.1 Å². The zero-order valence-corrected chi connectivity index (χ0v) is 22.6. The van der Waals surface area contributed by atoms with Crippen molar-refractivity contribution in [2.45, 2.75) is 64.6 Å². The fourth-order valence-electron chi connectivity index (χ4n) is 4.99. The molecule has 1 saturated carbocycles. The number of ether oxygens (including phenoxy) is 2. The van der Waals surface area contributed by atoms with E-state index in [4.69, 9.17) is 9.47 Å². The molecule has 0 heterocycles. The third-order valence-corrected chi connectivity index (χ3v) is 7.37. The molecule has 0 unspecified atom stereocenters. The molecular formula is C32H38N2O4. The van der Waals surface area contributed by atoms with Crippen LogP contribution in [-0.2, 0) is 22.6 Å². The molecule has 3 aromatic carbocycles. The van der Waals surface area contributed by atoms with Gasteiger partial charge in [-0.1, -0.05) is 67.4 Å². The van der Waals surface area contributed by atoms with Crippen LogP contribution in [0.3, 0.4) is 0 Å². The molecule has 0 saturated heterocycles. The van der Waals surface area contributed by atoms with Crippen LogP contribution in [-0.4, -0.2) is 42.5 Å². The summed E-state index contributed by atoms with van der Waals surface area (Å²) in [5, 5.41) is 3.23. The topological polar surface area (TPSA) is 67.9 Å². The second-order valence-electron chi connectivity index (χ2n) is 10.1. The lowest BCUT2D eigenvalue weighted by Gasteiger charge is -2.32. The molecule has 1 atom stereocenters. The van der Waals surface area contributed by atoms with E-state index < -0.39 is 6.04 Å². The molecule has 0 radical (unpaired) electrons. The first-order valence-electron chi connectivity index (χ1n) is 13.4. The van der Waals surface area contributed by atoms with Gasteiger partial charge in [-0.3, -0.25) is 9.59 Å². The van der Waals surface area contributed by atoms with E-state index >= 15 is 0 Å². The lowest BCUT2D eigenvalue weighted by Crippen LogP contribution is -2.53. The molecule has 1 fully saturated rings. The van der Waals surface area contributed by atoms with Crippen molar-refractivity contribution in [3.63, 3.8) is 0 Å². The van der Waals surface area contributed by atoms with Crippen LogP contribution in [0.15, 0.2) is 72.8 Å². The maximum Gasteiger partial charge on any atom is 0.261 e. The summed E-state index contributed by atoms with van der Waals surface area (Å²) >= 11 is 0. The Hall–Kier alpha value is -3.80. The van der Waals surface area contributed by atoms with Gasteiger partial charge in [0, 0.05) is 19.0 Å². The number of amides is 2. The predicted molar refractivity (Wildman–Crippen MR) is 149 cm³/mol. The van der Waals surface area contributed by atoms with Gasteiger partial charge in [0.2, 0.25) is 5.91 Å². The first kappa shape index (κ1) is 27.2. The summed E-state index contributed by atoms with van der Waals surface area (Å²) in [6, 6.07) is 22.8. The van der Waals surface area contributed by atoms with Gasteiger partial charge in [0.05, 0.1) is 7.11 Å². The molecule has 1 aliphatic carbocycles. The number of aryl methyl sites for hydroxylation is 1. The van der Waals surface area contributed by atoms with Gasteiger partial charge < -0.3 is 19.7 Å². The first-order valence-corrected chi connectivity index (χ1v) is 13.4. The van der Waals surface area contributed by atoms with Gasteiger partial charge in [0.1, 0.15) is 17.5 Å². The normalized spacial score (nSPS) is 14.1. The number of nitrogens with zero attached hydrogens (tertiary/aromatic N) is 1. The Balaban J connectivity index is 1.63. The van der Waals surface area contributed by atoms with E-state index in [1.165, 1.54) is 0 Å². The largest absolute Gasteiger partial charge is 0.497 e. The van der Waals surface area contributed by atoms with Crippen molar-refractivity contribution >= 4 is 11.8 Å². The van der Waals surface area contributed by atoms with Crippen LogP contribution >= 0.6 is 0 Å². The van der Waals surface area contributed by atoms with E-state index in [2.05, 4.69) is 5.32 Å². The molecule has 1 aliphatic rings. The van der Waals surface area contributed by atoms with Crippen molar-refractivity contribution in [2.24, 2.45) is 0 Å². The molecule has 0 aliphatic heterocycles. The maximum atomic E-state index is 13.8. The van der Waals surface area contributed by atoms with Crippen LogP contribution in [0.4, 0.5) is 0 Å². The highest BCUT2D eigenvalue weighted by molar-refractivity contribution is 5.88. The maximum absolute atomic E-state index is 13.8. The SMILES string of the molecule is COc1cccc(CN(C(=O)COc2cccc(C)c2C)[C@H](Cc2ccccc2)C(=O)NC2CCCC2)c1. The molecule has 6 nitrogen and oxygen atoms in total. The molecular weight excluding hydrogens is 476 g/mol. The van der Waals surface area contributed by atoms with Crippen LogP contribution in [0.1, 0.15) is 47.9 Å². The van der Waals surface area contributed by atoms with Crippen molar-refractivity contribution in [1.29, 1.82) is 0 Å². The van der Waals surface area contributed by atoms with E-state index in [0.29, 0.717) is 17.9 Å². The lowest BCUT2D eigenvalue weighted by molar-refractivity contribution is -0.143. The third kappa shape index (κ3) is 7.15. The molecule has 0 spiro atoms. The number of nitrogens with one attached hydrogen (secondary N) is 1. The number of carbonyl (C=O) groups excluding carboxylic acids is 2. The number of benzene rings is 3. The number of carbonyl (C=O) groups is 2. The highest BCUT2D eigenvalue weighted by Gasteiger charge is 2.32. The van der Waals surface area contributed by atoms with Gasteiger partial charge in [-0.15, -0.1) is 0 Å². The van der Waals surface area contributed by atoms with Gasteiger partial charge in [0.25, 0.3) is 5.91 Å². The molecule has 2 amide bonds. The standard InChI is InChI=1S/C32H38N2O4/c1-23-11-9-18-30(24(23)2)38-22-31(35)34(21-26-14-10-17-28(19-26)37-3)29(20-25-12-5-4-6-13-25)32(36)33-27-15-7-8-16-27/h4-6,9-14,17-19,27,29H,7-8,15-16,20-22H2,1-3H3,(H,33,36)/t29-/m1/s1. The lowest BCUT2D eigenvalue weighted by atomic mass is 10.0. The van der Waals surface area contributed by atoms with E-state index in [1.807, 2.05) is 86.6 Å². The first-order chi connectivity index (χ1) is 18.4. The summed E-state index contributed by atoms with van der Waals surface area (Å²) in [5.74, 6) is 1.02. The van der Waals surface area contributed by atoms with Crippen LogP contribution in [0, 0.1) is 13.8 Å². The number of hydrogen-bond donors (Lipinski definition) is 1. The second-order valence-corrected chi connectivity index (χ2v) is 10.1. The van der Waals surface area contributed by atoms with E-state index in [9.17, 15) is 9.59 Å². The van der Waals surface area contributed by atoms with Gasteiger partial charge >= 0.3 is 0 Å². The quantitative estimate of drug-likeness (QED) is 0.373. The van der Waals surface area contributed by atoms with Crippen LogP contribution in [0.2, 0.25) is 0 Å². The van der Waals surface area contributed by atoms with Crippen LogP contribution in [0.5, 0.6) is 11.5 Å². The minimum atomic E-state index is -0.682. The molecule has 0 bridgehead atoms. The molecule has 38 heavy (non-hydrogen) atoms. The molecule has 0 aromatic heterocycles.